The van der Waals surface area contributed by atoms with E-state index in [9.17, 15) is 4.79 Å². The van der Waals surface area contributed by atoms with Crippen LogP contribution in [0.3, 0.4) is 0 Å². The number of nitrogens with zero attached hydrogens (tertiary/aromatic N) is 2. The SMILES string of the molecule is CN(CC1CC(Cl)C1)c1nc[nH]c(=O)c1Cl. The topological polar surface area (TPSA) is 49.0 Å². The van der Waals surface area contributed by atoms with Gasteiger partial charge in [-0.15, -0.1) is 11.6 Å². The molecule has 0 spiro atoms. The summed E-state index contributed by atoms with van der Waals surface area (Å²) in [6.07, 6.45) is 3.41. The molecule has 1 aromatic heterocycles. The van der Waals surface area contributed by atoms with Gasteiger partial charge in [0.2, 0.25) is 0 Å². The minimum Gasteiger partial charge on any atom is -0.358 e. The molecule has 88 valence electrons. The van der Waals surface area contributed by atoms with Crippen molar-refractivity contribution in [2.24, 2.45) is 5.92 Å². The van der Waals surface area contributed by atoms with E-state index < -0.39 is 0 Å². The van der Waals surface area contributed by atoms with Crippen LogP contribution in [0.5, 0.6) is 0 Å². The summed E-state index contributed by atoms with van der Waals surface area (Å²) < 4.78 is 0. The fourth-order valence-corrected chi connectivity index (χ4v) is 2.67. The maximum atomic E-state index is 11.3. The van der Waals surface area contributed by atoms with Gasteiger partial charge in [-0.1, -0.05) is 11.6 Å². The van der Waals surface area contributed by atoms with Crippen molar-refractivity contribution >= 4 is 29.0 Å². The molecule has 0 atom stereocenters. The summed E-state index contributed by atoms with van der Waals surface area (Å²) in [5.41, 5.74) is -0.303. The van der Waals surface area contributed by atoms with Gasteiger partial charge in [0.05, 0.1) is 6.33 Å². The van der Waals surface area contributed by atoms with Gasteiger partial charge in [0.25, 0.3) is 5.56 Å². The number of anilines is 1. The standard InChI is InChI=1S/C10H13Cl2N3O/c1-15(4-6-2-7(11)3-6)9-8(12)10(16)14-5-13-9/h5-7H,2-4H2,1H3,(H,13,14,16). The highest BCUT2D eigenvalue weighted by atomic mass is 35.5. The first-order valence-corrected chi connectivity index (χ1v) is 5.97. The maximum Gasteiger partial charge on any atom is 0.271 e. The molecule has 6 heteroatoms. The quantitative estimate of drug-likeness (QED) is 0.846. The molecular weight excluding hydrogens is 249 g/mol. The first-order valence-electron chi connectivity index (χ1n) is 5.16. The van der Waals surface area contributed by atoms with Crippen LogP contribution in [0.1, 0.15) is 12.8 Å². The van der Waals surface area contributed by atoms with Crippen molar-refractivity contribution in [3.05, 3.63) is 21.7 Å². The number of hydrogen-bond donors (Lipinski definition) is 1. The predicted molar refractivity (Wildman–Crippen MR) is 65.5 cm³/mol. The van der Waals surface area contributed by atoms with E-state index in [2.05, 4.69) is 9.97 Å². The Morgan fingerprint density at radius 1 is 1.62 bits per heavy atom. The van der Waals surface area contributed by atoms with Gasteiger partial charge in [0.1, 0.15) is 5.02 Å². The molecule has 2 rings (SSSR count). The minimum atomic E-state index is -0.303. The fraction of sp³-hybridized carbons (Fsp3) is 0.600. The van der Waals surface area contributed by atoms with Crippen LogP contribution in [-0.4, -0.2) is 28.9 Å². The van der Waals surface area contributed by atoms with E-state index in [1.807, 2.05) is 11.9 Å². The lowest BCUT2D eigenvalue weighted by molar-refractivity contribution is 0.328. The summed E-state index contributed by atoms with van der Waals surface area (Å²) in [5.74, 6) is 1.10. The highest BCUT2D eigenvalue weighted by Crippen LogP contribution is 2.33. The molecule has 1 fully saturated rings. The Bertz CT molecular complexity index is 428. The Morgan fingerprint density at radius 2 is 2.31 bits per heavy atom. The zero-order chi connectivity index (χ0) is 11.7. The van der Waals surface area contributed by atoms with Gasteiger partial charge in [-0.3, -0.25) is 4.79 Å². The lowest BCUT2D eigenvalue weighted by atomic mass is 9.84. The number of nitrogens with one attached hydrogen (secondary N) is 1. The molecule has 0 amide bonds. The Kier molecular flexibility index (Phi) is 3.40. The van der Waals surface area contributed by atoms with E-state index in [4.69, 9.17) is 23.2 Å². The van der Waals surface area contributed by atoms with Crippen LogP contribution in [0, 0.1) is 5.92 Å². The molecule has 1 aromatic rings. The first-order chi connectivity index (χ1) is 7.58. The average molecular weight is 262 g/mol. The largest absolute Gasteiger partial charge is 0.358 e. The van der Waals surface area contributed by atoms with E-state index in [1.165, 1.54) is 6.33 Å². The molecule has 1 heterocycles. The number of rotatable bonds is 3. The van der Waals surface area contributed by atoms with Crippen LogP contribution in [0.4, 0.5) is 5.82 Å². The van der Waals surface area contributed by atoms with Gasteiger partial charge >= 0.3 is 0 Å². The van der Waals surface area contributed by atoms with E-state index >= 15 is 0 Å². The van der Waals surface area contributed by atoms with Crippen molar-refractivity contribution in [3.63, 3.8) is 0 Å². The lowest BCUT2D eigenvalue weighted by Gasteiger charge is -2.34. The molecule has 1 aliphatic rings. The number of hydrogen-bond acceptors (Lipinski definition) is 3. The Labute approximate surface area is 104 Å². The number of aromatic amines is 1. The van der Waals surface area contributed by atoms with E-state index in [0.29, 0.717) is 17.1 Å². The van der Waals surface area contributed by atoms with Gasteiger partial charge in [-0.25, -0.2) is 4.98 Å². The molecule has 0 radical (unpaired) electrons. The smallest absolute Gasteiger partial charge is 0.271 e. The molecule has 4 nitrogen and oxygen atoms in total. The normalized spacial score (nSPS) is 23.9. The predicted octanol–water partition coefficient (Wildman–Crippen LogP) is 1.88. The van der Waals surface area contributed by atoms with Crippen LogP contribution in [0.25, 0.3) is 0 Å². The third kappa shape index (κ3) is 2.33. The summed E-state index contributed by atoms with van der Waals surface area (Å²) in [6, 6.07) is 0. The van der Waals surface area contributed by atoms with Crippen molar-refractivity contribution in [1.82, 2.24) is 9.97 Å². The van der Waals surface area contributed by atoms with Gasteiger partial charge in [0.15, 0.2) is 5.82 Å². The Balaban J connectivity index is 2.06. The van der Waals surface area contributed by atoms with Crippen molar-refractivity contribution in [3.8, 4) is 0 Å². The minimum absolute atomic E-state index is 0.145. The van der Waals surface area contributed by atoms with Crippen molar-refractivity contribution in [2.45, 2.75) is 18.2 Å². The maximum absolute atomic E-state index is 11.3. The molecule has 0 aromatic carbocycles. The van der Waals surface area contributed by atoms with Gasteiger partial charge in [-0.2, -0.15) is 0 Å². The molecule has 0 unspecified atom stereocenters. The number of aromatic nitrogens is 2. The molecule has 1 N–H and O–H groups in total. The van der Waals surface area contributed by atoms with Gasteiger partial charge < -0.3 is 9.88 Å². The van der Waals surface area contributed by atoms with Gasteiger partial charge in [-0.05, 0) is 18.8 Å². The monoisotopic (exact) mass is 261 g/mol. The van der Waals surface area contributed by atoms with E-state index in [1.54, 1.807) is 0 Å². The second-order valence-electron chi connectivity index (χ2n) is 4.18. The molecule has 1 saturated carbocycles. The molecule has 0 aliphatic heterocycles. The van der Waals surface area contributed by atoms with Crippen LogP contribution >= 0.6 is 23.2 Å². The van der Waals surface area contributed by atoms with Crippen molar-refractivity contribution in [2.75, 3.05) is 18.5 Å². The van der Waals surface area contributed by atoms with Gasteiger partial charge in [0, 0.05) is 19.0 Å². The fourth-order valence-electron chi connectivity index (χ4n) is 1.92. The van der Waals surface area contributed by atoms with Crippen LogP contribution in [-0.2, 0) is 0 Å². The molecule has 0 saturated heterocycles. The number of H-pyrrole nitrogens is 1. The first kappa shape index (κ1) is 11.7. The molecule has 16 heavy (non-hydrogen) atoms. The van der Waals surface area contributed by atoms with Crippen LogP contribution < -0.4 is 10.5 Å². The number of halogens is 2. The summed E-state index contributed by atoms with van der Waals surface area (Å²) >= 11 is 11.8. The Hall–Kier alpha value is -0.740. The second kappa shape index (κ2) is 4.63. The summed E-state index contributed by atoms with van der Waals surface area (Å²) in [6.45, 7) is 0.833. The number of alkyl halides is 1. The summed E-state index contributed by atoms with van der Waals surface area (Å²) in [4.78, 5) is 19.7. The highest BCUT2D eigenvalue weighted by Gasteiger charge is 2.28. The molecular formula is C10H13Cl2N3O. The zero-order valence-electron chi connectivity index (χ0n) is 8.91. The molecule has 0 bridgehead atoms. The van der Waals surface area contributed by atoms with Crippen LogP contribution in [0.2, 0.25) is 5.02 Å². The second-order valence-corrected chi connectivity index (χ2v) is 5.18. The van der Waals surface area contributed by atoms with Crippen molar-refractivity contribution in [1.29, 1.82) is 0 Å². The lowest BCUT2D eigenvalue weighted by Crippen LogP contribution is -2.35. The average Bonchev–Trinajstić information content (AvgIpc) is 2.19. The van der Waals surface area contributed by atoms with E-state index in [-0.39, 0.29) is 10.6 Å². The highest BCUT2D eigenvalue weighted by molar-refractivity contribution is 6.32. The van der Waals surface area contributed by atoms with Crippen LogP contribution in [0.15, 0.2) is 11.1 Å². The summed E-state index contributed by atoms with van der Waals surface area (Å²) in [7, 11) is 1.88. The van der Waals surface area contributed by atoms with E-state index in [0.717, 1.165) is 19.4 Å². The molecule has 1 aliphatic carbocycles. The zero-order valence-corrected chi connectivity index (χ0v) is 10.4. The van der Waals surface area contributed by atoms with Crippen molar-refractivity contribution < 1.29 is 0 Å². The third-order valence-corrected chi connectivity index (χ3v) is 3.55. The summed E-state index contributed by atoms with van der Waals surface area (Å²) in [5, 5.41) is 0.452. The Morgan fingerprint density at radius 3 is 2.94 bits per heavy atom. The third-order valence-electron chi connectivity index (χ3n) is 2.85.